The maximum atomic E-state index is 11.6. The third-order valence-corrected chi connectivity index (χ3v) is 3.75. The average Bonchev–Trinajstić information content (AvgIpc) is 2.40. The van der Waals surface area contributed by atoms with E-state index < -0.39 is 0 Å². The summed E-state index contributed by atoms with van der Waals surface area (Å²) in [5, 5.41) is 3.40. The Kier molecular flexibility index (Phi) is 4.93. The van der Waals surface area contributed by atoms with Crippen LogP contribution in [0.1, 0.15) is 31.2 Å². The van der Waals surface area contributed by atoms with E-state index in [0.29, 0.717) is 11.9 Å². The molecule has 3 nitrogen and oxygen atoms in total. The minimum absolute atomic E-state index is 0.247. The first-order valence-corrected chi connectivity index (χ1v) is 6.91. The standard InChI is InChI=1S/C14H19NO2S/c16-14(15-12-6-8-13(18)9-7-12)17-10-11-4-2-1-3-5-11/h1-5,12-13,18H,6-10H2,(H,15,16). The molecular weight excluding hydrogens is 246 g/mol. The van der Waals surface area contributed by atoms with E-state index >= 15 is 0 Å². The van der Waals surface area contributed by atoms with Crippen LogP contribution >= 0.6 is 12.6 Å². The molecule has 0 aromatic heterocycles. The zero-order valence-corrected chi connectivity index (χ0v) is 11.2. The number of alkyl carbamates (subject to hydrolysis) is 1. The molecule has 1 N–H and O–H groups in total. The van der Waals surface area contributed by atoms with Crippen molar-refractivity contribution in [3.63, 3.8) is 0 Å². The molecule has 0 aliphatic heterocycles. The van der Waals surface area contributed by atoms with Crippen molar-refractivity contribution in [3.8, 4) is 0 Å². The Balaban J connectivity index is 1.69. The Morgan fingerprint density at radius 3 is 2.56 bits per heavy atom. The highest BCUT2D eigenvalue weighted by Crippen LogP contribution is 2.22. The predicted octanol–water partition coefficient (Wildman–Crippen LogP) is 3.15. The second-order valence-corrected chi connectivity index (χ2v) is 5.44. The van der Waals surface area contributed by atoms with Gasteiger partial charge >= 0.3 is 6.09 Å². The molecule has 0 heterocycles. The second kappa shape index (κ2) is 6.69. The van der Waals surface area contributed by atoms with Crippen molar-refractivity contribution in [3.05, 3.63) is 35.9 Å². The van der Waals surface area contributed by atoms with Gasteiger partial charge in [-0.2, -0.15) is 12.6 Å². The summed E-state index contributed by atoms with van der Waals surface area (Å²) in [5.74, 6) is 0. The molecule has 0 radical (unpaired) electrons. The Morgan fingerprint density at radius 1 is 1.22 bits per heavy atom. The first-order chi connectivity index (χ1) is 8.74. The molecule has 0 atom stereocenters. The lowest BCUT2D eigenvalue weighted by molar-refractivity contribution is 0.133. The molecule has 0 spiro atoms. The highest BCUT2D eigenvalue weighted by atomic mass is 32.1. The fraction of sp³-hybridized carbons (Fsp3) is 0.500. The number of carbonyl (C=O) groups excluding carboxylic acids is 1. The molecule has 1 amide bonds. The van der Waals surface area contributed by atoms with E-state index in [-0.39, 0.29) is 12.1 Å². The Labute approximate surface area is 113 Å². The van der Waals surface area contributed by atoms with Gasteiger partial charge in [0.05, 0.1) is 0 Å². The van der Waals surface area contributed by atoms with Crippen LogP contribution < -0.4 is 5.32 Å². The van der Waals surface area contributed by atoms with Crippen molar-refractivity contribution >= 4 is 18.7 Å². The van der Waals surface area contributed by atoms with E-state index in [2.05, 4.69) is 17.9 Å². The lowest BCUT2D eigenvalue weighted by atomic mass is 9.95. The smallest absolute Gasteiger partial charge is 0.407 e. The number of ether oxygens (including phenoxy) is 1. The van der Waals surface area contributed by atoms with E-state index in [9.17, 15) is 4.79 Å². The summed E-state index contributed by atoms with van der Waals surface area (Å²) in [6.07, 6.45) is 3.80. The molecule has 1 fully saturated rings. The second-order valence-electron chi connectivity index (χ2n) is 4.71. The number of carbonyl (C=O) groups is 1. The van der Waals surface area contributed by atoms with Crippen LogP contribution in [-0.2, 0) is 11.3 Å². The number of rotatable bonds is 3. The van der Waals surface area contributed by atoms with Crippen LogP contribution in [0.25, 0.3) is 0 Å². The van der Waals surface area contributed by atoms with Crippen LogP contribution in [0.4, 0.5) is 4.79 Å². The van der Waals surface area contributed by atoms with Crippen molar-refractivity contribution in [2.24, 2.45) is 0 Å². The summed E-state index contributed by atoms with van der Waals surface area (Å²) < 4.78 is 5.19. The zero-order chi connectivity index (χ0) is 12.8. The molecule has 98 valence electrons. The van der Waals surface area contributed by atoms with Gasteiger partial charge < -0.3 is 10.1 Å². The van der Waals surface area contributed by atoms with Crippen LogP contribution in [0.2, 0.25) is 0 Å². The molecule has 0 saturated heterocycles. The van der Waals surface area contributed by atoms with Gasteiger partial charge in [0.15, 0.2) is 0 Å². The van der Waals surface area contributed by atoms with Crippen LogP contribution in [0.15, 0.2) is 30.3 Å². The summed E-state index contributed by atoms with van der Waals surface area (Å²) in [5.41, 5.74) is 1.01. The third kappa shape index (κ3) is 4.26. The third-order valence-electron chi connectivity index (χ3n) is 3.23. The maximum absolute atomic E-state index is 11.6. The van der Waals surface area contributed by atoms with Gasteiger partial charge in [-0.1, -0.05) is 30.3 Å². The molecule has 1 aromatic rings. The molecule has 0 bridgehead atoms. The molecule has 1 aliphatic carbocycles. The topological polar surface area (TPSA) is 38.3 Å². The molecule has 18 heavy (non-hydrogen) atoms. The molecule has 1 aromatic carbocycles. The van der Waals surface area contributed by atoms with Crippen molar-refractivity contribution in [1.29, 1.82) is 0 Å². The quantitative estimate of drug-likeness (QED) is 0.824. The fourth-order valence-electron chi connectivity index (χ4n) is 2.15. The lowest BCUT2D eigenvalue weighted by Crippen LogP contribution is -2.38. The normalized spacial score (nSPS) is 23.4. The molecule has 0 unspecified atom stereocenters. The van der Waals surface area contributed by atoms with Gasteiger partial charge in [0.1, 0.15) is 6.61 Å². The molecule has 4 heteroatoms. The lowest BCUT2D eigenvalue weighted by Gasteiger charge is -2.26. The van der Waals surface area contributed by atoms with Crippen molar-refractivity contribution in [2.75, 3.05) is 0 Å². The predicted molar refractivity (Wildman–Crippen MR) is 74.8 cm³/mol. The minimum Gasteiger partial charge on any atom is -0.445 e. The van der Waals surface area contributed by atoms with E-state index in [0.717, 1.165) is 31.2 Å². The molecule has 1 saturated carbocycles. The van der Waals surface area contributed by atoms with Gasteiger partial charge in [0.2, 0.25) is 0 Å². The molecule has 1 aliphatic rings. The van der Waals surface area contributed by atoms with Crippen molar-refractivity contribution in [2.45, 2.75) is 43.6 Å². The number of amides is 1. The number of hydrogen-bond donors (Lipinski definition) is 2. The van der Waals surface area contributed by atoms with Gasteiger partial charge in [-0.3, -0.25) is 0 Å². The largest absolute Gasteiger partial charge is 0.445 e. The summed E-state index contributed by atoms with van der Waals surface area (Å²) in [7, 11) is 0. The summed E-state index contributed by atoms with van der Waals surface area (Å²) >= 11 is 4.44. The molecular formula is C14H19NO2S. The number of nitrogens with one attached hydrogen (secondary N) is 1. The highest BCUT2D eigenvalue weighted by molar-refractivity contribution is 7.80. The van der Waals surface area contributed by atoms with E-state index in [1.54, 1.807) is 0 Å². The van der Waals surface area contributed by atoms with Gasteiger partial charge in [-0.15, -0.1) is 0 Å². The van der Waals surface area contributed by atoms with Crippen LogP contribution in [0, 0.1) is 0 Å². The van der Waals surface area contributed by atoms with Gasteiger partial charge in [-0.25, -0.2) is 4.79 Å². The first-order valence-electron chi connectivity index (χ1n) is 6.39. The van der Waals surface area contributed by atoms with E-state index in [4.69, 9.17) is 4.74 Å². The average molecular weight is 265 g/mol. The first kappa shape index (κ1) is 13.3. The molecule has 2 rings (SSSR count). The maximum Gasteiger partial charge on any atom is 0.407 e. The Morgan fingerprint density at radius 2 is 1.89 bits per heavy atom. The van der Waals surface area contributed by atoms with Gasteiger partial charge in [0, 0.05) is 11.3 Å². The van der Waals surface area contributed by atoms with Crippen LogP contribution in [0.3, 0.4) is 0 Å². The van der Waals surface area contributed by atoms with Crippen molar-refractivity contribution < 1.29 is 9.53 Å². The minimum atomic E-state index is -0.318. The monoisotopic (exact) mass is 265 g/mol. The highest BCUT2D eigenvalue weighted by Gasteiger charge is 2.20. The van der Waals surface area contributed by atoms with E-state index in [1.807, 2.05) is 30.3 Å². The van der Waals surface area contributed by atoms with Crippen molar-refractivity contribution in [1.82, 2.24) is 5.32 Å². The fourth-order valence-corrected chi connectivity index (χ4v) is 2.45. The van der Waals surface area contributed by atoms with Crippen LogP contribution in [-0.4, -0.2) is 17.4 Å². The Hall–Kier alpha value is -1.16. The number of thiol groups is 1. The van der Waals surface area contributed by atoms with Gasteiger partial charge in [-0.05, 0) is 31.2 Å². The van der Waals surface area contributed by atoms with Crippen LogP contribution in [0.5, 0.6) is 0 Å². The SMILES string of the molecule is O=C(NC1CCC(S)CC1)OCc1ccccc1. The Bertz CT molecular complexity index is 375. The van der Waals surface area contributed by atoms with Gasteiger partial charge in [0.25, 0.3) is 0 Å². The summed E-state index contributed by atoms with van der Waals surface area (Å²) in [6, 6.07) is 9.95. The number of benzene rings is 1. The van der Waals surface area contributed by atoms with E-state index in [1.165, 1.54) is 0 Å². The number of hydrogen-bond acceptors (Lipinski definition) is 3. The summed E-state index contributed by atoms with van der Waals surface area (Å²) in [6.45, 7) is 0.328. The summed E-state index contributed by atoms with van der Waals surface area (Å²) in [4.78, 5) is 11.6. The zero-order valence-electron chi connectivity index (χ0n) is 10.3.